The number of likely N-dealkylation sites (tertiary alicyclic amines) is 1. The van der Waals surface area contributed by atoms with Gasteiger partial charge in [0.05, 0.1) is 11.7 Å². The number of carbonyl (C=O) groups excluding carboxylic acids is 1. The summed E-state index contributed by atoms with van der Waals surface area (Å²) >= 11 is 0. The van der Waals surface area contributed by atoms with E-state index in [-0.39, 0.29) is 11.9 Å². The fraction of sp³-hybridized carbons (Fsp3) is 0.450. The average molecular weight is 381 g/mol. The molecule has 0 saturated carbocycles. The van der Waals surface area contributed by atoms with Crippen molar-refractivity contribution in [3.05, 3.63) is 47.4 Å². The second-order valence-corrected chi connectivity index (χ2v) is 7.09. The standard InChI is InChI=1S/C20H23N5O3/c1-13-19(14(2)27-23-13)16-7-5-11-25(16)18(26)9-3-8-17-22-20(24-28-17)15-6-4-10-21-12-15/h4,6,10,12,16H,3,5,7-9,11H2,1-2H3. The van der Waals surface area contributed by atoms with Gasteiger partial charge in [-0.1, -0.05) is 10.3 Å². The molecule has 1 unspecified atom stereocenters. The monoisotopic (exact) mass is 381 g/mol. The van der Waals surface area contributed by atoms with E-state index in [4.69, 9.17) is 9.05 Å². The molecule has 8 heteroatoms. The number of amides is 1. The molecule has 3 aromatic rings. The lowest BCUT2D eigenvalue weighted by atomic mass is 10.0. The maximum atomic E-state index is 12.8. The van der Waals surface area contributed by atoms with Gasteiger partial charge in [-0.25, -0.2) is 0 Å². The first-order valence-corrected chi connectivity index (χ1v) is 9.58. The molecule has 1 aliphatic heterocycles. The highest BCUT2D eigenvalue weighted by Gasteiger charge is 2.33. The molecule has 146 valence electrons. The molecular weight excluding hydrogens is 358 g/mol. The van der Waals surface area contributed by atoms with Gasteiger partial charge in [0.15, 0.2) is 0 Å². The second kappa shape index (κ2) is 7.92. The highest BCUT2D eigenvalue weighted by molar-refractivity contribution is 5.77. The predicted octanol–water partition coefficient (Wildman–Crippen LogP) is 3.42. The first-order valence-electron chi connectivity index (χ1n) is 9.58. The third-order valence-electron chi connectivity index (χ3n) is 5.16. The summed E-state index contributed by atoms with van der Waals surface area (Å²) in [6.07, 6.45) is 7.03. The zero-order valence-electron chi connectivity index (χ0n) is 16.1. The Balaban J connectivity index is 1.34. The van der Waals surface area contributed by atoms with E-state index < -0.39 is 0 Å². The molecule has 0 aliphatic carbocycles. The van der Waals surface area contributed by atoms with Crippen LogP contribution >= 0.6 is 0 Å². The first-order chi connectivity index (χ1) is 13.6. The third-order valence-corrected chi connectivity index (χ3v) is 5.16. The zero-order valence-corrected chi connectivity index (χ0v) is 16.1. The molecule has 0 radical (unpaired) electrons. The van der Waals surface area contributed by atoms with Gasteiger partial charge >= 0.3 is 0 Å². The molecule has 0 spiro atoms. The normalized spacial score (nSPS) is 16.6. The topological polar surface area (TPSA) is 98.2 Å². The van der Waals surface area contributed by atoms with E-state index in [9.17, 15) is 4.79 Å². The molecule has 1 atom stereocenters. The van der Waals surface area contributed by atoms with Gasteiger partial charge in [0.25, 0.3) is 0 Å². The maximum Gasteiger partial charge on any atom is 0.226 e. The smallest absolute Gasteiger partial charge is 0.226 e. The van der Waals surface area contributed by atoms with Crippen LogP contribution in [0, 0.1) is 13.8 Å². The lowest BCUT2D eigenvalue weighted by molar-refractivity contribution is -0.132. The molecule has 1 aliphatic rings. The van der Waals surface area contributed by atoms with Crippen molar-refractivity contribution in [1.82, 2.24) is 25.2 Å². The summed E-state index contributed by atoms with van der Waals surface area (Å²) in [5.74, 6) is 2.01. The Morgan fingerprint density at radius 3 is 2.93 bits per heavy atom. The first kappa shape index (κ1) is 18.3. The fourth-order valence-electron chi connectivity index (χ4n) is 3.83. The van der Waals surface area contributed by atoms with Crippen LogP contribution in [0.15, 0.2) is 33.6 Å². The molecule has 4 heterocycles. The van der Waals surface area contributed by atoms with Crippen LogP contribution in [0.4, 0.5) is 0 Å². The minimum Gasteiger partial charge on any atom is -0.361 e. The Labute approximate surface area is 162 Å². The van der Waals surface area contributed by atoms with Crippen LogP contribution in [0.2, 0.25) is 0 Å². The van der Waals surface area contributed by atoms with Crippen LogP contribution in [0.1, 0.15) is 54.6 Å². The van der Waals surface area contributed by atoms with Gasteiger partial charge in [-0.15, -0.1) is 0 Å². The fourth-order valence-corrected chi connectivity index (χ4v) is 3.83. The molecule has 1 fully saturated rings. The quantitative estimate of drug-likeness (QED) is 0.645. The van der Waals surface area contributed by atoms with Crippen LogP contribution in [-0.2, 0) is 11.2 Å². The molecule has 0 bridgehead atoms. The van der Waals surface area contributed by atoms with E-state index in [2.05, 4.69) is 20.3 Å². The second-order valence-electron chi connectivity index (χ2n) is 7.09. The Hall–Kier alpha value is -3.03. The number of nitrogens with zero attached hydrogens (tertiary/aromatic N) is 5. The summed E-state index contributed by atoms with van der Waals surface area (Å²) in [4.78, 5) is 23.2. The van der Waals surface area contributed by atoms with E-state index in [0.29, 0.717) is 31.0 Å². The van der Waals surface area contributed by atoms with Gasteiger partial charge < -0.3 is 13.9 Å². The number of hydrogen-bond donors (Lipinski definition) is 0. The average Bonchev–Trinajstić information content (AvgIpc) is 3.43. The van der Waals surface area contributed by atoms with E-state index in [0.717, 1.165) is 42.0 Å². The van der Waals surface area contributed by atoms with Crippen molar-refractivity contribution in [2.75, 3.05) is 6.54 Å². The molecule has 3 aromatic heterocycles. The van der Waals surface area contributed by atoms with E-state index in [1.165, 1.54) is 0 Å². The molecular formula is C20H23N5O3. The molecule has 1 amide bonds. The van der Waals surface area contributed by atoms with Crippen LogP contribution in [-0.4, -0.2) is 37.6 Å². The number of hydrogen-bond acceptors (Lipinski definition) is 7. The summed E-state index contributed by atoms with van der Waals surface area (Å²) < 4.78 is 10.6. The molecule has 0 aromatic carbocycles. The number of carbonyl (C=O) groups is 1. The summed E-state index contributed by atoms with van der Waals surface area (Å²) in [6.45, 7) is 4.62. The number of pyridine rings is 1. The van der Waals surface area contributed by atoms with E-state index >= 15 is 0 Å². The van der Waals surface area contributed by atoms with Gasteiger partial charge in [0, 0.05) is 42.9 Å². The summed E-state index contributed by atoms with van der Waals surface area (Å²) in [5.41, 5.74) is 2.74. The molecule has 8 nitrogen and oxygen atoms in total. The summed E-state index contributed by atoms with van der Waals surface area (Å²) in [6, 6.07) is 3.78. The van der Waals surface area contributed by atoms with Crippen LogP contribution < -0.4 is 0 Å². The Bertz CT molecular complexity index is 930. The number of aromatic nitrogens is 4. The zero-order chi connectivity index (χ0) is 19.5. The van der Waals surface area contributed by atoms with E-state index in [1.54, 1.807) is 12.4 Å². The predicted molar refractivity (Wildman–Crippen MR) is 100 cm³/mol. The minimum atomic E-state index is 0.0688. The number of rotatable bonds is 6. The van der Waals surface area contributed by atoms with Crippen molar-refractivity contribution in [1.29, 1.82) is 0 Å². The van der Waals surface area contributed by atoms with Gasteiger partial charge in [-0.3, -0.25) is 9.78 Å². The van der Waals surface area contributed by atoms with Gasteiger partial charge in [0.2, 0.25) is 17.6 Å². The van der Waals surface area contributed by atoms with Crippen molar-refractivity contribution in [2.24, 2.45) is 0 Å². The van der Waals surface area contributed by atoms with Crippen LogP contribution in [0.3, 0.4) is 0 Å². The molecule has 0 N–H and O–H groups in total. The lowest BCUT2D eigenvalue weighted by Gasteiger charge is -2.24. The highest BCUT2D eigenvalue weighted by atomic mass is 16.5. The largest absolute Gasteiger partial charge is 0.361 e. The van der Waals surface area contributed by atoms with E-state index in [1.807, 2.05) is 30.9 Å². The van der Waals surface area contributed by atoms with Gasteiger partial charge in [0.1, 0.15) is 5.76 Å². The molecule has 28 heavy (non-hydrogen) atoms. The van der Waals surface area contributed by atoms with Gasteiger partial charge in [-0.05, 0) is 45.2 Å². The van der Waals surface area contributed by atoms with Gasteiger partial charge in [-0.2, -0.15) is 4.98 Å². The molecule has 4 rings (SSSR count). The van der Waals surface area contributed by atoms with Crippen molar-refractivity contribution < 1.29 is 13.8 Å². The Morgan fingerprint density at radius 2 is 2.18 bits per heavy atom. The lowest BCUT2D eigenvalue weighted by Crippen LogP contribution is -2.30. The maximum absolute atomic E-state index is 12.8. The molecule has 1 saturated heterocycles. The van der Waals surface area contributed by atoms with Crippen molar-refractivity contribution >= 4 is 5.91 Å². The Morgan fingerprint density at radius 1 is 1.29 bits per heavy atom. The summed E-state index contributed by atoms with van der Waals surface area (Å²) in [5, 5.41) is 8.03. The van der Waals surface area contributed by atoms with Crippen LogP contribution in [0.25, 0.3) is 11.4 Å². The van der Waals surface area contributed by atoms with Crippen molar-refractivity contribution in [3.63, 3.8) is 0 Å². The summed E-state index contributed by atoms with van der Waals surface area (Å²) in [7, 11) is 0. The third kappa shape index (κ3) is 3.67. The van der Waals surface area contributed by atoms with Crippen molar-refractivity contribution in [3.8, 4) is 11.4 Å². The van der Waals surface area contributed by atoms with Crippen LogP contribution in [0.5, 0.6) is 0 Å². The SMILES string of the molecule is Cc1noc(C)c1C1CCCN1C(=O)CCCc1nc(-c2cccnc2)no1. The number of aryl methyl sites for hydroxylation is 3. The minimum absolute atomic E-state index is 0.0688. The Kier molecular flexibility index (Phi) is 5.18. The highest BCUT2D eigenvalue weighted by Crippen LogP contribution is 2.36. The van der Waals surface area contributed by atoms with Crippen molar-refractivity contribution in [2.45, 2.75) is 52.0 Å².